The van der Waals surface area contributed by atoms with Gasteiger partial charge in [-0.3, -0.25) is 0 Å². The zero-order valence-electron chi connectivity index (χ0n) is 9.81. The van der Waals surface area contributed by atoms with Gasteiger partial charge in [-0.05, 0) is 19.8 Å². The van der Waals surface area contributed by atoms with Crippen molar-refractivity contribution in [3.63, 3.8) is 0 Å². The molecule has 2 aliphatic rings. The van der Waals surface area contributed by atoms with Crippen LogP contribution in [-0.2, 0) is 4.74 Å². The molecule has 0 amide bonds. The van der Waals surface area contributed by atoms with Crippen molar-refractivity contribution in [2.75, 3.05) is 25.1 Å². The van der Waals surface area contributed by atoms with E-state index in [-0.39, 0.29) is 0 Å². The predicted octanol–water partition coefficient (Wildman–Crippen LogP) is 1.50. The van der Waals surface area contributed by atoms with Crippen LogP contribution in [0.3, 0.4) is 0 Å². The molecule has 0 bridgehead atoms. The standard InChI is InChI=1S/C12H17N3O/c1-8-5-11(15-6-10(7-15)16-2)14-12(13-8)9-3-4-9/h5,9-10H,3-4,6-7H2,1-2H3. The van der Waals surface area contributed by atoms with Gasteiger partial charge in [0.25, 0.3) is 0 Å². The molecule has 0 spiro atoms. The largest absolute Gasteiger partial charge is 0.378 e. The maximum absolute atomic E-state index is 5.27. The lowest BCUT2D eigenvalue weighted by Crippen LogP contribution is -2.52. The number of hydrogen-bond donors (Lipinski definition) is 0. The van der Waals surface area contributed by atoms with Gasteiger partial charge in [-0.2, -0.15) is 0 Å². The third-order valence-corrected chi connectivity index (χ3v) is 3.31. The van der Waals surface area contributed by atoms with E-state index in [1.165, 1.54) is 12.8 Å². The van der Waals surface area contributed by atoms with Crippen molar-refractivity contribution in [1.82, 2.24) is 9.97 Å². The van der Waals surface area contributed by atoms with Crippen molar-refractivity contribution in [1.29, 1.82) is 0 Å². The van der Waals surface area contributed by atoms with Gasteiger partial charge in [-0.1, -0.05) is 0 Å². The molecule has 2 fully saturated rings. The maximum Gasteiger partial charge on any atom is 0.134 e. The second-order valence-corrected chi connectivity index (χ2v) is 4.76. The summed E-state index contributed by atoms with van der Waals surface area (Å²) in [7, 11) is 1.77. The van der Waals surface area contributed by atoms with E-state index >= 15 is 0 Å². The van der Waals surface area contributed by atoms with Crippen LogP contribution < -0.4 is 4.90 Å². The first-order valence-electron chi connectivity index (χ1n) is 5.89. The van der Waals surface area contributed by atoms with Crippen molar-refractivity contribution in [2.45, 2.75) is 31.8 Å². The number of ether oxygens (including phenoxy) is 1. The van der Waals surface area contributed by atoms with E-state index in [0.29, 0.717) is 12.0 Å². The van der Waals surface area contributed by atoms with Crippen LogP contribution >= 0.6 is 0 Å². The topological polar surface area (TPSA) is 38.2 Å². The van der Waals surface area contributed by atoms with Crippen LogP contribution in [0.2, 0.25) is 0 Å². The Bertz CT molecular complexity index is 397. The molecule has 1 saturated carbocycles. The zero-order valence-corrected chi connectivity index (χ0v) is 9.81. The molecule has 2 heterocycles. The van der Waals surface area contributed by atoms with Crippen molar-refractivity contribution in [3.8, 4) is 0 Å². The Labute approximate surface area is 95.7 Å². The summed E-state index contributed by atoms with van der Waals surface area (Å²) in [5.74, 6) is 2.73. The van der Waals surface area contributed by atoms with Crippen LogP contribution in [0, 0.1) is 6.92 Å². The Morgan fingerprint density at radius 2 is 2.06 bits per heavy atom. The molecule has 1 aromatic rings. The van der Waals surface area contributed by atoms with E-state index < -0.39 is 0 Å². The second kappa shape index (κ2) is 3.70. The van der Waals surface area contributed by atoms with Gasteiger partial charge in [0.05, 0.1) is 6.10 Å². The number of aromatic nitrogens is 2. The number of hydrogen-bond acceptors (Lipinski definition) is 4. The summed E-state index contributed by atoms with van der Waals surface area (Å²) in [5, 5.41) is 0. The normalized spacial score (nSPS) is 21.0. The Hall–Kier alpha value is -1.16. The fourth-order valence-corrected chi connectivity index (χ4v) is 2.03. The maximum atomic E-state index is 5.27. The second-order valence-electron chi connectivity index (χ2n) is 4.76. The molecule has 0 aromatic carbocycles. The number of anilines is 1. The molecular weight excluding hydrogens is 202 g/mol. The van der Waals surface area contributed by atoms with Crippen LogP contribution in [0.5, 0.6) is 0 Å². The van der Waals surface area contributed by atoms with Crippen LogP contribution in [0.15, 0.2) is 6.07 Å². The lowest BCUT2D eigenvalue weighted by atomic mass is 10.1. The fraction of sp³-hybridized carbons (Fsp3) is 0.667. The highest BCUT2D eigenvalue weighted by Gasteiger charge is 2.31. The number of aryl methyl sites for hydroxylation is 1. The Morgan fingerprint density at radius 1 is 1.31 bits per heavy atom. The van der Waals surface area contributed by atoms with E-state index in [0.717, 1.165) is 30.4 Å². The zero-order chi connectivity index (χ0) is 11.1. The van der Waals surface area contributed by atoms with Gasteiger partial charge in [0.2, 0.25) is 0 Å². The highest BCUT2D eigenvalue weighted by Crippen LogP contribution is 2.38. The summed E-state index contributed by atoms with van der Waals surface area (Å²) in [6, 6.07) is 2.07. The lowest BCUT2D eigenvalue weighted by Gasteiger charge is -2.39. The minimum Gasteiger partial charge on any atom is -0.378 e. The first-order chi connectivity index (χ1) is 7.76. The minimum absolute atomic E-state index is 0.375. The van der Waals surface area contributed by atoms with Gasteiger partial charge in [0, 0.05) is 37.9 Å². The Kier molecular flexibility index (Phi) is 2.32. The Balaban J connectivity index is 1.79. The number of nitrogens with zero attached hydrogens (tertiary/aromatic N) is 3. The summed E-state index contributed by atoms with van der Waals surface area (Å²) >= 11 is 0. The molecule has 1 aromatic heterocycles. The van der Waals surface area contributed by atoms with Crippen molar-refractivity contribution in [2.24, 2.45) is 0 Å². The van der Waals surface area contributed by atoms with E-state index in [2.05, 4.69) is 20.9 Å². The van der Waals surface area contributed by atoms with E-state index in [1.54, 1.807) is 7.11 Å². The van der Waals surface area contributed by atoms with E-state index in [9.17, 15) is 0 Å². The molecule has 1 saturated heterocycles. The number of methoxy groups -OCH3 is 1. The Morgan fingerprint density at radius 3 is 2.69 bits per heavy atom. The third-order valence-electron chi connectivity index (χ3n) is 3.31. The molecule has 0 radical (unpaired) electrons. The van der Waals surface area contributed by atoms with Gasteiger partial charge >= 0.3 is 0 Å². The summed E-state index contributed by atoms with van der Waals surface area (Å²) in [5.41, 5.74) is 1.08. The molecule has 16 heavy (non-hydrogen) atoms. The molecule has 3 rings (SSSR count). The third kappa shape index (κ3) is 1.78. The smallest absolute Gasteiger partial charge is 0.134 e. The van der Waals surface area contributed by atoms with Gasteiger partial charge in [0.1, 0.15) is 11.6 Å². The lowest BCUT2D eigenvalue weighted by molar-refractivity contribution is 0.0782. The molecule has 4 nitrogen and oxygen atoms in total. The predicted molar refractivity (Wildman–Crippen MR) is 61.8 cm³/mol. The van der Waals surface area contributed by atoms with Crippen LogP contribution in [0.4, 0.5) is 5.82 Å². The monoisotopic (exact) mass is 219 g/mol. The molecule has 1 aliphatic carbocycles. The van der Waals surface area contributed by atoms with Gasteiger partial charge < -0.3 is 9.64 Å². The molecule has 0 N–H and O–H groups in total. The van der Waals surface area contributed by atoms with Crippen molar-refractivity contribution in [3.05, 3.63) is 17.6 Å². The van der Waals surface area contributed by atoms with E-state index in [1.807, 2.05) is 6.92 Å². The van der Waals surface area contributed by atoms with Crippen molar-refractivity contribution >= 4 is 5.82 Å². The van der Waals surface area contributed by atoms with Crippen LogP contribution in [-0.4, -0.2) is 36.3 Å². The summed E-state index contributed by atoms with van der Waals surface area (Å²) in [4.78, 5) is 11.4. The van der Waals surface area contributed by atoms with Gasteiger partial charge in [0.15, 0.2) is 0 Å². The average molecular weight is 219 g/mol. The first kappa shape index (κ1) is 10.0. The quantitative estimate of drug-likeness (QED) is 0.772. The van der Waals surface area contributed by atoms with E-state index in [4.69, 9.17) is 4.74 Å². The highest BCUT2D eigenvalue weighted by molar-refractivity contribution is 5.43. The van der Waals surface area contributed by atoms with Crippen molar-refractivity contribution < 1.29 is 4.74 Å². The van der Waals surface area contributed by atoms with Gasteiger partial charge in [-0.15, -0.1) is 0 Å². The molecular formula is C12H17N3O. The SMILES string of the molecule is COC1CN(c2cc(C)nc(C3CC3)n2)C1. The molecule has 0 unspecified atom stereocenters. The average Bonchev–Trinajstić information content (AvgIpc) is 2.98. The summed E-state index contributed by atoms with van der Waals surface area (Å²) < 4.78 is 5.27. The number of rotatable bonds is 3. The minimum atomic E-state index is 0.375. The summed E-state index contributed by atoms with van der Waals surface area (Å²) in [6.45, 7) is 3.96. The fourth-order valence-electron chi connectivity index (χ4n) is 2.03. The highest BCUT2D eigenvalue weighted by atomic mass is 16.5. The summed E-state index contributed by atoms with van der Waals surface area (Å²) in [6.07, 6.45) is 2.88. The van der Waals surface area contributed by atoms with Crippen LogP contribution in [0.25, 0.3) is 0 Å². The molecule has 86 valence electrons. The van der Waals surface area contributed by atoms with Gasteiger partial charge in [-0.25, -0.2) is 9.97 Å². The molecule has 0 atom stereocenters. The van der Waals surface area contributed by atoms with Crippen LogP contribution in [0.1, 0.15) is 30.3 Å². The first-order valence-corrected chi connectivity index (χ1v) is 5.89. The molecule has 4 heteroatoms. The molecule has 1 aliphatic heterocycles.